The molecule has 2 amide bonds. The van der Waals surface area contributed by atoms with Gasteiger partial charge in [0.25, 0.3) is 5.91 Å². The lowest BCUT2D eigenvalue weighted by Crippen LogP contribution is -2.49. The first-order chi connectivity index (χ1) is 14.9. The van der Waals surface area contributed by atoms with Crippen LogP contribution in [0.4, 0.5) is 0 Å². The third kappa shape index (κ3) is 6.97. The fourth-order valence-electron chi connectivity index (χ4n) is 3.56. The zero-order valence-corrected chi connectivity index (χ0v) is 18.5. The molecule has 0 unspecified atom stereocenters. The fraction of sp³-hybridized carbons (Fsp3) is 0.565. The molecule has 1 aromatic carbocycles. The summed E-state index contributed by atoms with van der Waals surface area (Å²) in [5, 5.41) is 0. The number of benzene rings is 1. The molecule has 0 aromatic heterocycles. The van der Waals surface area contributed by atoms with Crippen LogP contribution in [0.15, 0.2) is 30.3 Å². The number of carbonyl (C=O) groups is 4. The molecule has 0 saturated carbocycles. The Balaban J connectivity index is 2.05. The number of ether oxygens (including phenoxy) is 2. The second kappa shape index (κ2) is 12.3. The Morgan fingerprint density at radius 2 is 1.74 bits per heavy atom. The Morgan fingerprint density at radius 1 is 1.10 bits per heavy atom. The van der Waals surface area contributed by atoms with Crippen molar-refractivity contribution in [3.63, 3.8) is 0 Å². The molecule has 1 aliphatic heterocycles. The number of rotatable bonds is 11. The van der Waals surface area contributed by atoms with Crippen LogP contribution < -0.4 is 0 Å². The van der Waals surface area contributed by atoms with Crippen molar-refractivity contribution in [2.24, 2.45) is 11.8 Å². The Hall–Kier alpha value is -2.58. The lowest BCUT2D eigenvalue weighted by Gasteiger charge is -2.30. The maximum absolute atomic E-state index is 13.0. The summed E-state index contributed by atoms with van der Waals surface area (Å²) in [6, 6.07) is 9.55. The average molecular weight is 433 g/mol. The summed E-state index contributed by atoms with van der Waals surface area (Å²) in [4.78, 5) is 54.2. The van der Waals surface area contributed by atoms with Crippen molar-refractivity contribution in [1.82, 2.24) is 9.80 Å². The number of amides is 2. The molecule has 1 aliphatic rings. The van der Waals surface area contributed by atoms with Gasteiger partial charge in [0, 0.05) is 39.5 Å². The number of hydrogen-bond acceptors (Lipinski definition) is 6. The van der Waals surface area contributed by atoms with E-state index < -0.39 is 29.4 Å². The SMILES string of the molecule is CC[C@@H](C(=O)C(=O)N1CCOCC1)[C@H](C(=O)CCOCc1ccccc1)C(=O)N(C)C. The molecule has 2 atom stereocenters. The van der Waals surface area contributed by atoms with Gasteiger partial charge in [-0.2, -0.15) is 0 Å². The average Bonchev–Trinajstić information content (AvgIpc) is 2.79. The van der Waals surface area contributed by atoms with Gasteiger partial charge in [-0.25, -0.2) is 0 Å². The van der Waals surface area contributed by atoms with E-state index in [9.17, 15) is 19.2 Å². The van der Waals surface area contributed by atoms with E-state index in [0.717, 1.165) is 5.56 Å². The zero-order valence-electron chi connectivity index (χ0n) is 18.5. The van der Waals surface area contributed by atoms with Crippen LogP contribution in [0.25, 0.3) is 0 Å². The van der Waals surface area contributed by atoms with Crippen LogP contribution in [-0.2, 0) is 35.3 Å². The largest absolute Gasteiger partial charge is 0.378 e. The van der Waals surface area contributed by atoms with Gasteiger partial charge in [0.05, 0.1) is 26.4 Å². The normalized spacial score (nSPS) is 15.8. The quantitative estimate of drug-likeness (QED) is 0.297. The van der Waals surface area contributed by atoms with E-state index >= 15 is 0 Å². The number of hydrogen-bond donors (Lipinski definition) is 0. The minimum absolute atomic E-state index is 0.00734. The van der Waals surface area contributed by atoms with Crippen LogP contribution in [0.5, 0.6) is 0 Å². The number of ketones is 2. The van der Waals surface area contributed by atoms with Crippen molar-refractivity contribution >= 4 is 23.4 Å². The maximum Gasteiger partial charge on any atom is 0.290 e. The molecule has 0 spiro atoms. The lowest BCUT2D eigenvalue weighted by atomic mass is 9.81. The molecule has 1 saturated heterocycles. The first-order valence-corrected chi connectivity index (χ1v) is 10.6. The highest BCUT2D eigenvalue weighted by atomic mass is 16.5. The van der Waals surface area contributed by atoms with Crippen LogP contribution in [-0.4, -0.2) is 80.2 Å². The molecular formula is C23H32N2O6. The van der Waals surface area contributed by atoms with Gasteiger partial charge in [0.1, 0.15) is 11.7 Å². The van der Waals surface area contributed by atoms with Crippen LogP contribution in [0.2, 0.25) is 0 Å². The van der Waals surface area contributed by atoms with Gasteiger partial charge in [0.2, 0.25) is 11.7 Å². The van der Waals surface area contributed by atoms with Gasteiger partial charge in [-0.1, -0.05) is 37.3 Å². The summed E-state index contributed by atoms with van der Waals surface area (Å²) in [5.74, 6) is -4.39. The standard InChI is InChI=1S/C23H32N2O6/c1-4-18(21(27)23(29)25-11-14-30-15-12-25)20(22(28)24(2)3)19(26)10-13-31-16-17-8-6-5-7-9-17/h5-9,18,20H,4,10-16H2,1-3H3/t18-,20-/m1/s1. The van der Waals surface area contributed by atoms with E-state index in [4.69, 9.17) is 9.47 Å². The first kappa shape index (κ1) is 24.7. The van der Waals surface area contributed by atoms with E-state index in [-0.39, 0.29) is 25.2 Å². The molecule has 0 bridgehead atoms. The van der Waals surface area contributed by atoms with Crippen molar-refractivity contribution in [3.8, 4) is 0 Å². The van der Waals surface area contributed by atoms with Gasteiger partial charge >= 0.3 is 0 Å². The monoisotopic (exact) mass is 432 g/mol. The smallest absolute Gasteiger partial charge is 0.290 e. The summed E-state index contributed by atoms with van der Waals surface area (Å²) < 4.78 is 10.8. The second-order valence-corrected chi connectivity index (χ2v) is 7.75. The van der Waals surface area contributed by atoms with Crippen molar-refractivity contribution in [3.05, 3.63) is 35.9 Å². The Kier molecular flexibility index (Phi) is 9.81. The van der Waals surface area contributed by atoms with Crippen molar-refractivity contribution in [2.45, 2.75) is 26.4 Å². The third-order valence-corrected chi connectivity index (χ3v) is 5.35. The van der Waals surface area contributed by atoms with Crippen LogP contribution in [0.3, 0.4) is 0 Å². The molecule has 1 aromatic rings. The Labute approximate surface area is 183 Å². The fourth-order valence-corrected chi connectivity index (χ4v) is 3.56. The van der Waals surface area contributed by atoms with Crippen molar-refractivity contribution in [1.29, 1.82) is 0 Å². The summed E-state index contributed by atoms with van der Waals surface area (Å²) in [6.07, 6.45) is 0.211. The lowest BCUT2D eigenvalue weighted by molar-refractivity contribution is -0.154. The number of morpholine rings is 1. The molecular weight excluding hydrogens is 400 g/mol. The molecule has 170 valence electrons. The Morgan fingerprint density at radius 3 is 2.32 bits per heavy atom. The molecule has 2 rings (SSSR count). The van der Waals surface area contributed by atoms with E-state index in [1.54, 1.807) is 6.92 Å². The Bertz CT molecular complexity index is 759. The molecule has 31 heavy (non-hydrogen) atoms. The van der Waals surface area contributed by atoms with Gasteiger partial charge in [-0.15, -0.1) is 0 Å². The zero-order chi connectivity index (χ0) is 22.8. The highest BCUT2D eigenvalue weighted by Crippen LogP contribution is 2.23. The minimum Gasteiger partial charge on any atom is -0.378 e. The predicted molar refractivity (Wildman–Crippen MR) is 114 cm³/mol. The van der Waals surface area contributed by atoms with Gasteiger partial charge in [-0.05, 0) is 12.0 Å². The summed E-state index contributed by atoms with van der Waals surface area (Å²) in [7, 11) is 3.07. The molecule has 0 aliphatic carbocycles. The second-order valence-electron chi connectivity index (χ2n) is 7.75. The van der Waals surface area contributed by atoms with Crippen molar-refractivity contribution < 1.29 is 28.7 Å². The maximum atomic E-state index is 13.0. The highest BCUT2D eigenvalue weighted by molar-refractivity contribution is 6.38. The van der Waals surface area contributed by atoms with Crippen LogP contribution in [0, 0.1) is 11.8 Å². The summed E-state index contributed by atoms with van der Waals surface area (Å²) in [6.45, 7) is 3.59. The van der Waals surface area contributed by atoms with E-state index in [1.807, 2.05) is 30.3 Å². The summed E-state index contributed by atoms with van der Waals surface area (Å²) >= 11 is 0. The van der Waals surface area contributed by atoms with E-state index in [1.165, 1.54) is 23.9 Å². The predicted octanol–water partition coefficient (Wildman–Crippen LogP) is 1.32. The van der Waals surface area contributed by atoms with E-state index in [2.05, 4.69) is 0 Å². The van der Waals surface area contributed by atoms with Gasteiger partial charge in [0.15, 0.2) is 0 Å². The third-order valence-electron chi connectivity index (χ3n) is 5.35. The molecule has 8 nitrogen and oxygen atoms in total. The number of carbonyl (C=O) groups excluding carboxylic acids is 4. The minimum atomic E-state index is -1.20. The number of nitrogens with zero attached hydrogens (tertiary/aromatic N) is 2. The number of Topliss-reactive ketones (excluding diaryl/α,β-unsaturated/α-hetero) is 2. The van der Waals surface area contributed by atoms with Gasteiger partial charge in [-0.3, -0.25) is 19.2 Å². The molecule has 1 heterocycles. The van der Waals surface area contributed by atoms with Crippen LogP contribution in [0.1, 0.15) is 25.3 Å². The van der Waals surface area contributed by atoms with Crippen LogP contribution >= 0.6 is 0 Å². The van der Waals surface area contributed by atoms with Gasteiger partial charge < -0.3 is 19.3 Å². The van der Waals surface area contributed by atoms with E-state index in [0.29, 0.717) is 32.9 Å². The molecule has 8 heteroatoms. The molecule has 1 fully saturated rings. The first-order valence-electron chi connectivity index (χ1n) is 10.6. The molecule has 0 N–H and O–H groups in total. The molecule has 0 radical (unpaired) electrons. The van der Waals surface area contributed by atoms with Crippen molar-refractivity contribution in [2.75, 3.05) is 47.0 Å². The highest BCUT2D eigenvalue weighted by Gasteiger charge is 2.41. The topological polar surface area (TPSA) is 93.2 Å². The summed E-state index contributed by atoms with van der Waals surface area (Å²) in [5.41, 5.74) is 0.980.